The number of halogens is 1. The number of aromatic nitrogens is 1. The molecule has 0 radical (unpaired) electrons. The van der Waals surface area contributed by atoms with E-state index in [1.165, 1.54) is 19.2 Å². The molecule has 1 saturated heterocycles. The number of piperidine rings is 1. The van der Waals surface area contributed by atoms with Gasteiger partial charge in [-0.1, -0.05) is 35.9 Å². The van der Waals surface area contributed by atoms with Crippen molar-refractivity contribution in [2.75, 3.05) is 29.9 Å². The van der Waals surface area contributed by atoms with E-state index in [1.807, 2.05) is 25.1 Å². The van der Waals surface area contributed by atoms with Gasteiger partial charge in [-0.2, -0.15) is 0 Å². The van der Waals surface area contributed by atoms with Crippen molar-refractivity contribution < 1.29 is 27.1 Å². The Bertz CT molecular complexity index is 1840. The number of rotatable bonds is 10. The molecule has 4 aromatic rings. The Morgan fingerprint density at radius 2 is 1.79 bits per heavy atom. The average Bonchev–Trinajstić information content (AvgIpc) is 3.03. The van der Waals surface area contributed by atoms with Crippen molar-refractivity contribution in [3.8, 4) is 11.6 Å². The predicted octanol–water partition coefficient (Wildman–Crippen LogP) is 5.58. The van der Waals surface area contributed by atoms with Crippen LogP contribution in [0.3, 0.4) is 0 Å². The van der Waals surface area contributed by atoms with Gasteiger partial charge >= 0.3 is 6.03 Å². The summed E-state index contributed by atoms with van der Waals surface area (Å²) < 4.78 is 45.2. The number of benzene rings is 3. The second-order valence-electron chi connectivity index (χ2n) is 11.5. The van der Waals surface area contributed by atoms with E-state index in [0.717, 1.165) is 29.0 Å². The van der Waals surface area contributed by atoms with E-state index >= 15 is 0 Å². The third-order valence-corrected chi connectivity index (χ3v) is 8.34. The number of hydrogen-bond acceptors (Lipinski definition) is 7. The normalized spacial score (nSPS) is 16.6. The van der Waals surface area contributed by atoms with E-state index in [2.05, 4.69) is 42.7 Å². The van der Waals surface area contributed by atoms with Crippen molar-refractivity contribution in [3.63, 3.8) is 0 Å². The second-order valence-corrected chi connectivity index (χ2v) is 13.2. The number of sulfonamides is 1. The minimum absolute atomic E-state index is 0.0228. The second kappa shape index (κ2) is 14.6. The first-order valence-electron chi connectivity index (χ1n) is 15.1. The Kier molecular flexibility index (Phi) is 10.4. The molecule has 4 N–H and O–H groups in total. The number of carbonyl (C=O) groups is 2. The summed E-state index contributed by atoms with van der Waals surface area (Å²) in [6.45, 7) is 3.40. The van der Waals surface area contributed by atoms with E-state index < -0.39 is 27.8 Å². The van der Waals surface area contributed by atoms with Crippen molar-refractivity contribution in [1.29, 1.82) is 0 Å². The molecule has 1 fully saturated rings. The van der Waals surface area contributed by atoms with Gasteiger partial charge in [0.15, 0.2) is 0 Å². The first-order chi connectivity index (χ1) is 22.5. The zero-order chi connectivity index (χ0) is 33.6. The van der Waals surface area contributed by atoms with E-state index in [4.69, 9.17) is 4.74 Å². The Hall–Kier alpha value is -5.01. The minimum Gasteiger partial charge on any atom is -0.439 e. The molecule has 5 rings (SSSR count). The van der Waals surface area contributed by atoms with Gasteiger partial charge in [0.25, 0.3) is 5.91 Å². The van der Waals surface area contributed by atoms with Gasteiger partial charge in [-0.25, -0.2) is 22.6 Å². The van der Waals surface area contributed by atoms with Crippen LogP contribution in [-0.2, 0) is 16.6 Å². The molecule has 11 nitrogen and oxygen atoms in total. The Morgan fingerprint density at radius 3 is 2.47 bits per heavy atom. The van der Waals surface area contributed by atoms with Crippen LogP contribution in [0.25, 0.3) is 0 Å². The number of carbonyl (C=O) groups excluding carboxylic acids is 2. The molecule has 0 spiro atoms. The zero-order valence-corrected chi connectivity index (χ0v) is 27.1. The highest BCUT2D eigenvalue weighted by atomic mass is 32.2. The lowest BCUT2D eigenvalue weighted by atomic mass is 9.90. The fourth-order valence-electron chi connectivity index (χ4n) is 5.55. The van der Waals surface area contributed by atoms with Crippen LogP contribution >= 0.6 is 0 Å². The van der Waals surface area contributed by atoms with Crippen molar-refractivity contribution >= 4 is 33.3 Å². The highest BCUT2D eigenvalue weighted by Crippen LogP contribution is 2.33. The highest BCUT2D eigenvalue weighted by molar-refractivity contribution is 7.92. The third kappa shape index (κ3) is 9.27. The van der Waals surface area contributed by atoms with E-state index in [-0.39, 0.29) is 17.6 Å². The molecule has 0 saturated carbocycles. The molecule has 2 unspecified atom stereocenters. The molecule has 1 aromatic heterocycles. The topological polar surface area (TPSA) is 142 Å². The maximum atomic E-state index is 14.1. The molecular weight excluding hydrogens is 623 g/mol. The van der Waals surface area contributed by atoms with Crippen LogP contribution in [0.2, 0.25) is 0 Å². The largest absolute Gasteiger partial charge is 0.439 e. The van der Waals surface area contributed by atoms with Crippen LogP contribution in [0, 0.1) is 12.7 Å². The van der Waals surface area contributed by atoms with Crippen LogP contribution in [0.15, 0.2) is 85.1 Å². The molecule has 1 aliphatic rings. The molecular formula is C34H37FN6O5S. The maximum absolute atomic E-state index is 14.1. The molecule has 3 amide bonds. The third-order valence-electron chi connectivity index (χ3n) is 7.73. The quantitative estimate of drug-likeness (QED) is 0.174. The molecule has 47 heavy (non-hydrogen) atoms. The molecule has 2 atom stereocenters. The monoisotopic (exact) mass is 660 g/mol. The van der Waals surface area contributed by atoms with Gasteiger partial charge in [0.1, 0.15) is 11.6 Å². The Morgan fingerprint density at radius 1 is 1.02 bits per heavy atom. The van der Waals surface area contributed by atoms with Crippen LogP contribution in [0.4, 0.5) is 20.6 Å². The summed E-state index contributed by atoms with van der Waals surface area (Å²) in [7, 11) is -1.95. The SMILES string of the molecule is CNC(=O)c1cc(NC(=O)NC2CCN(Cc3ccc(Oc4ccc(NS(C)(=O)=O)cc4)nc3)C(c3cccc(C)c3)C2)ccc1F. The molecule has 246 valence electrons. The van der Waals surface area contributed by atoms with Gasteiger partial charge in [0.05, 0.1) is 11.8 Å². The average molecular weight is 661 g/mol. The van der Waals surface area contributed by atoms with Crippen LogP contribution in [0.5, 0.6) is 11.6 Å². The Labute approximate surface area is 273 Å². The smallest absolute Gasteiger partial charge is 0.319 e. The number of nitrogens with one attached hydrogen (secondary N) is 4. The van der Waals surface area contributed by atoms with E-state index in [1.54, 1.807) is 36.5 Å². The predicted molar refractivity (Wildman–Crippen MR) is 179 cm³/mol. The van der Waals surface area contributed by atoms with E-state index in [0.29, 0.717) is 48.9 Å². The van der Waals surface area contributed by atoms with Gasteiger partial charge in [-0.05, 0) is 73.4 Å². The van der Waals surface area contributed by atoms with E-state index in [9.17, 15) is 22.4 Å². The summed E-state index contributed by atoms with van der Waals surface area (Å²) in [5.74, 6) is -0.315. The highest BCUT2D eigenvalue weighted by Gasteiger charge is 2.31. The number of nitrogens with zero attached hydrogens (tertiary/aromatic N) is 2. The summed E-state index contributed by atoms with van der Waals surface area (Å²) in [4.78, 5) is 31.8. The van der Waals surface area contributed by atoms with Gasteiger partial charge < -0.3 is 20.7 Å². The summed E-state index contributed by atoms with van der Waals surface area (Å²) in [5.41, 5.74) is 3.89. The Balaban J connectivity index is 1.23. The number of aryl methyl sites for hydroxylation is 1. The number of hydrogen-bond donors (Lipinski definition) is 4. The molecule has 0 bridgehead atoms. The van der Waals surface area contributed by atoms with Gasteiger partial charge in [-0.15, -0.1) is 0 Å². The molecule has 3 aromatic carbocycles. The first kappa shape index (κ1) is 33.4. The summed E-state index contributed by atoms with van der Waals surface area (Å²) in [6.07, 6.45) is 4.24. The van der Waals surface area contributed by atoms with Gasteiger partial charge in [0, 0.05) is 55.9 Å². The fourth-order valence-corrected chi connectivity index (χ4v) is 6.11. The lowest BCUT2D eigenvalue weighted by Gasteiger charge is -2.40. The summed E-state index contributed by atoms with van der Waals surface area (Å²) >= 11 is 0. The number of amides is 3. The fraction of sp³-hybridized carbons (Fsp3) is 0.265. The number of ether oxygens (including phenoxy) is 1. The van der Waals surface area contributed by atoms with Crippen molar-refractivity contribution in [2.45, 2.75) is 38.4 Å². The molecule has 1 aliphatic heterocycles. The number of likely N-dealkylation sites (tertiary alicyclic amines) is 1. The van der Waals surface area contributed by atoms with Gasteiger partial charge in [-0.3, -0.25) is 14.4 Å². The maximum Gasteiger partial charge on any atom is 0.319 e. The lowest BCUT2D eigenvalue weighted by molar-refractivity contribution is 0.0959. The molecule has 2 heterocycles. The molecule has 13 heteroatoms. The van der Waals surface area contributed by atoms with Crippen molar-refractivity contribution in [1.82, 2.24) is 20.5 Å². The summed E-state index contributed by atoms with van der Waals surface area (Å²) in [5, 5.41) is 8.18. The van der Waals surface area contributed by atoms with Crippen LogP contribution in [-0.4, -0.2) is 56.1 Å². The number of anilines is 2. The standard InChI is InChI=1S/C34H37FN6O5S/c1-22-5-4-6-24(17-22)31-19-27(39-34(43)38-26-10-13-30(35)29(18-26)33(42)36-2)15-16-41(31)21-23-7-14-32(37-20-23)46-28-11-8-25(9-12-28)40-47(3,44)45/h4-14,17-18,20,27,31,40H,15-16,19,21H2,1-3H3,(H,36,42)(H2,38,39,43). The molecule has 0 aliphatic carbocycles. The number of pyridine rings is 1. The first-order valence-corrected chi connectivity index (χ1v) is 17.0. The summed E-state index contributed by atoms with van der Waals surface area (Å²) in [6, 6.07) is 22.0. The number of urea groups is 1. The van der Waals surface area contributed by atoms with Crippen LogP contribution < -0.4 is 25.4 Å². The lowest BCUT2D eigenvalue weighted by Crippen LogP contribution is -2.47. The zero-order valence-electron chi connectivity index (χ0n) is 26.3. The van der Waals surface area contributed by atoms with Crippen molar-refractivity contribution in [2.24, 2.45) is 0 Å². The van der Waals surface area contributed by atoms with Crippen LogP contribution in [0.1, 0.15) is 45.9 Å². The van der Waals surface area contributed by atoms with Gasteiger partial charge in [0.2, 0.25) is 15.9 Å². The minimum atomic E-state index is -3.37. The van der Waals surface area contributed by atoms with Crippen molar-refractivity contribution in [3.05, 3.63) is 113 Å².